The zero-order valence-electron chi connectivity index (χ0n) is 14.8. The third kappa shape index (κ3) is 3.42. The second kappa shape index (κ2) is 7.42. The first kappa shape index (κ1) is 17.0. The van der Waals surface area contributed by atoms with E-state index in [0.29, 0.717) is 12.3 Å². The van der Waals surface area contributed by atoms with Crippen molar-refractivity contribution in [1.82, 2.24) is 9.47 Å². The summed E-state index contributed by atoms with van der Waals surface area (Å²) in [5.41, 5.74) is 4.84. The van der Waals surface area contributed by atoms with E-state index < -0.39 is 0 Å². The van der Waals surface area contributed by atoms with Crippen LogP contribution in [0.15, 0.2) is 73.1 Å². The van der Waals surface area contributed by atoms with Crippen LogP contribution < -0.4 is 0 Å². The number of amides is 1. The Hall–Kier alpha value is -2.46. The minimum Gasteiger partial charge on any atom is -0.323 e. The molecular weight excluding hydrogens is 340 g/mol. The highest BCUT2D eigenvalue weighted by atomic mass is 32.2. The lowest BCUT2D eigenvalue weighted by molar-refractivity contribution is -0.128. The lowest BCUT2D eigenvalue weighted by Crippen LogP contribution is -2.27. The molecule has 4 heteroatoms. The minimum absolute atomic E-state index is 0.0823. The molecule has 0 N–H and O–H groups in total. The largest absolute Gasteiger partial charge is 0.323 e. The molecular formula is C22H22N2OS. The molecule has 0 saturated carbocycles. The maximum atomic E-state index is 12.4. The van der Waals surface area contributed by atoms with Crippen molar-refractivity contribution in [2.45, 2.75) is 25.3 Å². The quantitative estimate of drug-likeness (QED) is 0.650. The maximum absolute atomic E-state index is 12.4. The molecule has 1 atom stereocenters. The third-order valence-corrected chi connectivity index (χ3v) is 6.06. The van der Waals surface area contributed by atoms with Crippen LogP contribution in [0.5, 0.6) is 0 Å². The predicted octanol–water partition coefficient (Wildman–Crippen LogP) is 4.81. The van der Waals surface area contributed by atoms with Crippen LogP contribution in [0.4, 0.5) is 0 Å². The normalized spacial score (nSPS) is 17.0. The van der Waals surface area contributed by atoms with Crippen LogP contribution in [0, 0.1) is 0 Å². The van der Waals surface area contributed by atoms with Gasteiger partial charge in [-0.1, -0.05) is 49.4 Å². The molecule has 1 aromatic heterocycles. The summed E-state index contributed by atoms with van der Waals surface area (Å²) < 4.78 is 2.14. The van der Waals surface area contributed by atoms with Gasteiger partial charge in [-0.25, -0.2) is 0 Å². The van der Waals surface area contributed by atoms with Crippen LogP contribution >= 0.6 is 11.8 Å². The Labute approximate surface area is 158 Å². The number of hydrogen-bond acceptors (Lipinski definition) is 2. The van der Waals surface area contributed by atoms with Crippen LogP contribution in [-0.4, -0.2) is 21.1 Å². The van der Waals surface area contributed by atoms with Gasteiger partial charge < -0.3 is 9.47 Å². The summed E-state index contributed by atoms with van der Waals surface area (Å²) in [6, 6.07) is 21.0. The number of aromatic nitrogens is 1. The van der Waals surface area contributed by atoms with E-state index in [-0.39, 0.29) is 11.3 Å². The number of benzene rings is 2. The first-order chi connectivity index (χ1) is 12.7. The van der Waals surface area contributed by atoms with Crippen molar-refractivity contribution < 1.29 is 4.79 Å². The first-order valence-corrected chi connectivity index (χ1v) is 10.0. The fourth-order valence-electron chi connectivity index (χ4n) is 3.30. The minimum atomic E-state index is 0.0823. The summed E-state index contributed by atoms with van der Waals surface area (Å²) in [6.07, 6.45) is 5.28. The van der Waals surface area contributed by atoms with Gasteiger partial charge in [0.1, 0.15) is 5.37 Å². The molecule has 26 heavy (non-hydrogen) atoms. The molecule has 2 aromatic carbocycles. The fraction of sp³-hybridized carbons (Fsp3) is 0.227. The predicted molar refractivity (Wildman–Crippen MR) is 107 cm³/mol. The molecule has 0 unspecified atom stereocenters. The average Bonchev–Trinajstić information content (AvgIpc) is 3.30. The maximum Gasteiger partial charge on any atom is 0.234 e. The molecule has 1 aliphatic heterocycles. The van der Waals surface area contributed by atoms with Crippen molar-refractivity contribution in [3.8, 4) is 5.69 Å². The molecule has 4 rings (SSSR count). The number of carbonyl (C=O) groups is 1. The van der Waals surface area contributed by atoms with Crippen LogP contribution in [0.2, 0.25) is 0 Å². The van der Waals surface area contributed by atoms with E-state index in [4.69, 9.17) is 0 Å². The Kier molecular flexibility index (Phi) is 4.85. The van der Waals surface area contributed by atoms with E-state index in [9.17, 15) is 4.79 Å². The van der Waals surface area contributed by atoms with Crippen LogP contribution in [0.25, 0.3) is 5.69 Å². The van der Waals surface area contributed by atoms with Crippen LogP contribution in [0.1, 0.15) is 29.0 Å². The monoisotopic (exact) mass is 362 g/mol. The second-order valence-corrected chi connectivity index (χ2v) is 7.61. The smallest absolute Gasteiger partial charge is 0.234 e. The van der Waals surface area contributed by atoms with Gasteiger partial charge in [-0.05, 0) is 35.7 Å². The molecule has 2 heterocycles. The summed E-state index contributed by atoms with van der Waals surface area (Å²) in [6.45, 7) is 2.83. The number of aryl methyl sites for hydroxylation is 1. The Bertz CT molecular complexity index is 886. The van der Waals surface area contributed by atoms with Gasteiger partial charge in [-0.2, -0.15) is 0 Å². The van der Waals surface area contributed by atoms with Crippen LogP contribution in [-0.2, 0) is 17.8 Å². The topological polar surface area (TPSA) is 25.2 Å². The van der Waals surface area contributed by atoms with Gasteiger partial charge in [0.2, 0.25) is 5.91 Å². The summed E-state index contributed by atoms with van der Waals surface area (Å²) in [5.74, 6) is 0.761. The van der Waals surface area contributed by atoms with E-state index in [1.165, 1.54) is 16.7 Å². The number of rotatable bonds is 5. The van der Waals surface area contributed by atoms with Crippen LogP contribution in [0.3, 0.4) is 0 Å². The van der Waals surface area contributed by atoms with Gasteiger partial charge in [-0.3, -0.25) is 4.79 Å². The lowest BCUT2D eigenvalue weighted by atomic mass is 10.1. The lowest BCUT2D eigenvalue weighted by Gasteiger charge is -2.23. The number of thioether (sulfide) groups is 1. The highest BCUT2D eigenvalue weighted by Crippen LogP contribution is 2.39. The molecule has 1 saturated heterocycles. The number of hydrogen-bond donors (Lipinski definition) is 0. The molecule has 132 valence electrons. The summed E-state index contributed by atoms with van der Waals surface area (Å²) in [7, 11) is 0. The Morgan fingerprint density at radius 3 is 2.50 bits per heavy atom. The Morgan fingerprint density at radius 2 is 1.77 bits per heavy atom. The highest BCUT2D eigenvalue weighted by molar-refractivity contribution is 8.00. The van der Waals surface area contributed by atoms with Crippen molar-refractivity contribution >= 4 is 17.7 Å². The van der Waals surface area contributed by atoms with E-state index in [1.807, 2.05) is 23.1 Å². The molecule has 3 aromatic rings. The molecule has 0 radical (unpaired) electrons. The van der Waals surface area contributed by atoms with Gasteiger partial charge in [0.25, 0.3) is 0 Å². The van der Waals surface area contributed by atoms with Gasteiger partial charge in [-0.15, -0.1) is 11.8 Å². The van der Waals surface area contributed by atoms with Crippen molar-refractivity contribution in [3.63, 3.8) is 0 Å². The first-order valence-electron chi connectivity index (χ1n) is 8.97. The van der Waals surface area contributed by atoms with Gasteiger partial charge in [0, 0.05) is 30.2 Å². The fourth-order valence-corrected chi connectivity index (χ4v) is 4.47. The summed E-state index contributed by atoms with van der Waals surface area (Å²) in [4.78, 5) is 14.4. The zero-order valence-corrected chi connectivity index (χ0v) is 15.7. The van der Waals surface area contributed by atoms with E-state index >= 15 is 0 Å². The van der Waals surface area contributed by atoms with Gasteiger partial charge >= 0.3 is 0 Å². The summed E-state index contributed by atoms with van der Waals surface area (Å²) in [5, 5.41) is 0.0823. The van der Waals surface area contributed by atoms with Gasteiger partial charge in [0.05, 0.1) is 5.75 Å². The SMILES string of the molecule is CCc1ccc(-n2ccc([C@H]3SCC(=O)N3Cc3ccccc3)c2)cc1. The number of carbonyl (C=O) groups excluding carboxylic acids is 1. The average molecular weight is 362 g/mol. The third-order valence-electron chi connectivity index (χ3n) is 4.81. The van der Waals surface area contributed by atoms with Crippen molar-refractivity contribution in [2.75, 3.05) is 5.75 Å². The standard InChI is InChI=1S/C22H22N2OS/c1-2-17-8-10-20(11-9-17)23-13-12-19(15-23)22-24(21(25)16-26-22)14-18-6-4-3-5-7-18/h3-13,15,22H,2,14,16H2,1H3/t22-/m1/s1. The van der Waals surface area contributed by atoms with Crippen molar-refractivity contribution in [3.05, 3.63) is 89.7 Å². The molecule has 0 spiro atoms. The van der Waals surface area contributed by atoms with Crippen molar-refractivity contribution in [2.24, 2.45) is 0 Å². The summed E-state index contributed by atoms with van der Waals surface area (Å²) >= 11 is 1.71. The molecule has 0 aliphatic carbocycles. The van der Waals surface area contributed by atoms with E-state index in [0.717, 1.165) is 12.1 Å². The Morgan fingerprint density at radius 1 is 1.00 bits per heavy atom. The second-order valence-electron chi connectivity index (χ2n) is 6.54. The molecule has 3 nitrogen and oxygen atoms in total. The Balaban J connectivity index is 1.56. The molecule has 1 aliphatic rings. The number of nitrogens with zero attached hydrogens (tertiary/aromatic N) is 2. The highest BCUT2D eigenvalue weighted by Gasteiger charge is 2.33. The van der Waals surface area contributed by atoms with E-state index in [2.05, 4.69) is 66.3 Å². The van der Waals surface area contributed by atoms with E-state index in [1.54, 1.807) is 11.8 Å². The molecule has 0 bridgehead atoms. The van der Waals surface area contributed by atoms with Crippen molar-refractivity contribution in [1.29, 1.82) is 0 Å². The van der Waals surface area contributed by atoms with Gasteiger partial charge in [0.15, 0.2) is 0 Å². The molecule has 1 amide bonds. The zero-order chi connectivity index (χ0) is 17.9. The molecule has 1 fully saturated rings.